The second-order valence-electron chi connectivity index (χ2n) is 4.70. The smallest absolute Gasteiger partial charge is 0.246 e. The zero-order valence-corrected chi connectivity index (χ0v) is 10.9. The van der Waals surface area contributed by atoms with Gasteiger partial charge in [0.2, 0.25) is 5.91 Å². The first-order valence-corrected chi connectivity index (χ1v) is 5.88. The van der Waals surface area contributed by atoms with Crippen LogP contribution in [0.5, 0.6) is 0 Å². The van der Waals surface area contributed by atoms with Gasteiger partial charge in [0.15, 0.2) is 0 Å². The number of halogens is 1. The maximum atomic E-state index is 11.4. The number of rotatable bonds is 6. The minimum absolute atomic E-state index is 0.0630. The maximum absolute atomic E-state index is 11.4. The molecule has 0 saturated heterocycles. The fourth-order valence-corrected chi connectivity index (χ4v) is 1.21. The van der Waals surface area contributed by atoms with Gasteiger partial charge in [0.05, 0.1) is 5.60 Å². The van der Waals surface area contributed by atoms with Crippen LogP contribution < -0.4 is 5.32 Å². The summed E-state index contributed by atoms with van der Waals surface area (Å²) in [6.45, 7) is 7.88. The summed E-state index contributed by atoms with van der Waals surface area (Å²) in [7, 11) is 0. The molecule has 0 rings (SSSR count). The number of hydrogen-bond acceptors (Lipinski definition) is 2. The largest absolute Gasteiger partial charge is 0.366 e. The Kier molecular flexibility index (Phi) is 6.94. The zero-order valence-electron chi connectivity index (χ0n) is 10.1. The molecule has 0 bridgehead atoms. The Morgan fingerprint density at radius 2 is 2.07 bits per heavy atom. The van der Waals surface area contributed by atoms with Crippen LogP contribution in [-0.2, 0) is 9.53 Å². The topological polar surface area (TPSA) is 38.3 Å². The Hall–Kier alpha value is -0.280. The minimum Gasteiger partial charge on any atom is -0.366 e. The van der Waals surface area contributed by atoms with Crippen molar-refractivity contribution in [2.45, 2.75) is 52.2 Å². The van der Waals surface area contributed by atoms with Gasteiger partial charge in [-0.15, -0.1) is 11.6 Å². The molecule has 0 aliphatic rings. The second kappa shape index (κ2) is 7.07. The van der Waals surface area contributed by atoms with Crippen molar-refractivity contribution in [3.63, 3.8) is 0 Å². The average Bonchev–Trinajstić information content (AvgIpc) is 2.10. The summed E-state index contributed by atoms with van der Waals surface area (Å²) in [5.41, 5.74) is -0.267. The Morgan fingerprint density at radius 1 is 1.47 bits per heavy atom. The molecule has 3 nitrogen and oxygen atoms in total. The number of amides is 1. The van der Waals surface area contributed by atoms with E-state index in [9.17, 15) is 4.79 Å². The summed E-state index contributed by atoms with van der Waals surface area (Å²) in [6, 6.07) is 0.166. The Balaban J connectivity index is 3.64. The lowest BCUT2D eigenvalue weighted by atomic mass is 10.2. The van der Waals surface area contributed by atoms with Crippen molar-refractivity contribution in [2.75, 3.05) is 12.5 Å². The van der Waals surface area contributed by atoms with Crippen molar-refractivity contribution < 1.29 is 9.53 Å². The number of hydrogen-bond donors (Lipinski definition) is 1. The zero-order chi connectivity index (χ0) is 11.9. The van der Waals surface area contributed by atoms with Crippen LogP contribution in [0.1, 0.15) is 40.5 Å². The van der Waals surface area contributed by atoms with E-state index >= 15 is 0 Å². The van der Waals surface area contributed by atoms with Gasteiger partial charge in [-0.2, -0.15) is 0 Å². The molecule has 0 aromatic heterocycles. The first-order valence-electron chi connectivity index (χ1n) is 5.34. The number of nitrogens with one attached hydrogen (secondary N) is 1. The van der Waals surface area contributed by atoms with Gasteiger partial charge in [0.25, 0.3) is 0 Å². The molecule has 90 valence electrons. The van der Waals surface area contributed by atoms with Crippen LogP contribution in [0.25, 0.3) is 0 Å². The minimum atomic E-state index is -0.267. The third-order valence-corrected chi connectivity index (χ3v) is 2.08. The van der Waals surface area contributed by atoms with E-state index in [0.717, 1.165) is 12.8 Å². The molecule has 0 aliphatic carbocycles. The maximum Gasteiger partial charge on any atom is 0.246 e. The van der Waals surface area contributed by atoms with E-state index in [-0.39, 0.29) is 24.2 Å². The molecule has 1 amide bonds. The van der Waals surface area contributed by atoms with E-state index in [1.165, 1.54) is 0 Å². The summed E-state index contributed by atoms with van der Waals surface area (Å²) in [4.78, 5) is 11.4. The monoisotopic (exact) mass is 235 g/mol. The Bertz CT molecular complexity index is 190. The molecule has 15 heavy (non-hydrogen) atoms. The molecular formula is C11H22ClNO2. The van der Waals surface area contributed by atoms with Crippen molar-refractivity contribution in [3.05, 3.63) is 0 Å². The predicted octanol–water partition coefficient (Wildman–Crippen LogP) is 2.33. The quantitative estimate of drug-likeness (QED) is 0.718. The van der Waals surface area contributed by atoms with Crippen molar-refractivity contribution in [1.29, 1.82) is 0 Å². The normalized spacial score (nSPS) is 13.7. The van der Waals surface area contributed by atoms with E-state index in [1.54, 1.807) is 0 Å². The SMILES string of the molecule is CC(CCCCl)NC(=O)COC(C)(C)C. The van der Waals surface area contributed by atoms with Crippen LogP contribution in [-0.4, -0.2) is 30.0 Å². The fraction of sp³-hybridized carbons (Fsp3) is 0.909. The van der Waals surface area contributed by atoms with Gasteiger partial charge in [-0.05, 0) is 40.5 Å². The van der Waals surface area contributed by atoms with Gasteiger partial charge in [-0.25, -0.2) is 0 Å². The van der Waals surface area contributed by atoms with Crippen LogP contribution >= 0.6 is 11.6 Å². The Labute approximate surface area is 97.5 Å². The van der Waals surface area contributed by atoms with Crippen LogP contribution in [0.3, 0.4) is 0 Å². The highest BCUT2D eigenvalue weighted by molar-refractivity contribution is 6.17. The van der Waals surface area contributed by atoms with Crippen LogP contribution in [0.2, 0.25) is 0 Å². The molecule has 0 saturated carbocycles. The number of alkyl halides is 1. The predicted molar refractivity (Wildman–Crippen MR) is 63.3 cm³/mol. The van der Waals surface area contributed by atoms with E-state index in [4.69, 9.17) is 16.3 Å². The van der Waals surface area contributed by atoms with Crippen molar-refractivity contribution in [1.82, 2.24) is 5.32 Å². The van der Waals surface area contributed by atoms with E-state index in [0.29, 0.717) is 5.88 Å². The molecular weight excluding hydrogens is 214 g/mol. The lowest BCUT2D eigenvalue weighted by Gasteiger charge is -2.20. The highest BCUT2D eigenvalue weighted by Gasteiger charge is 2.13. The van der Waals surface area contributed by atoms with Crippen LogP contribution in [0.4, 0.5) is 0 Å². The molecule has 4 heteroatoms. The Morgan fingerprint density at radius 3 is 2.53 bits per heavy atom. The highest BCUT2D eigenvalue weighted by atomic mass is 35.5. The first kappa shape index (κ1) is 14.7. The first-order chi connectivity index (χ1) is 6.85. The summed E-state index contributed by atoms with van der Waals surface area (Å²) in [5, 5.41) is 2.86. The van der Waals surface area contributed by atoms with E-state index < -0.39 is 0 Å². The highest BCUT2D eigenvalue weighted by Crippen LogP contribution is 2.06. The molecule has 0 aromatic rings. The van der Waals surface area contributed by atoms with Gasteiger partial charge in [-0.3, -0.25) is 4.79 Å². The van der Waals surface area contributed by atoms with Crippen LogP contribution in [0, 0.1) is 0 Å². The molecule has 0 aromatic carbocycles. The number of carbonyl (C=O) groups is 1. The third-order valence-electron chi connectivity index (χ3n) is 1.81. The van der Waals surface area contributed by atoms with Crippen molar-refractivity contribution in [3.8, 4) is 0 Å². The van der Waals surface area contributed by atoms with E-state index in [2.05, 4.69) is 5.32 Å². The molecule has 0 radical (unpaired) electrons. The van der Waals surface area contributed by atoms with E-state index in [1.807, 2.05) is 27.7 Å². The summed E-state index contributed by atoms with van der Waals surface area (Å²) in [5.74, 6) is 0.575. The summed E-state index contributed by atoms with van der Waals surface area (Å²) >= 11 is 5.57. The average molecular weight is 236 g/mol. The lowest BCUT2D eigenvalue weighted by molar-refractivity contribution is -0.131. The molecule has 0 heterocycles. The van der Waals surface area contributed by atoms with Crippen molar-refractivity contribution in [2.24, 2.45) is 0 Å². The number of ether oxygens (including phenoxy) is 1. The third kappa shape index (κ3) is 10.0. The summed E-state index contributed by atoms with van der Waals surface area (Å²) in [6.07, 6.45) is 1.83. The van der Waals surface area contributed by atoms with Crippen LogP contribution in [0.15, 0.2) is 0 Å². The second-order valence-corrected chi connectivity index (χ2v) is 5.08. The van der Waals surface area contributed by atoms with Gasteiger partial charge in [0.1, 0.15) is 6.61 Å². The van der Waals surface area contributed by atoms with Gasteiger partial charge in [0, 0.05) is 11.9 Å². The van der Waals surface area contributed by atoms with Crippen molar-refractivity contribution >= 4 is 17.5 Å². The molecule has 0 spiro atoms. The lowest BCUT2D eigenvalue weighted by Crippen LogP contribution is -2.37. The molecule has 1 atom stereocenters. The molecule has 0 aliphatic heterocycles. The fourth-order valence-electron chi connectivity index (χ4n) is 1.05. The standard InChI is InChI=1S/C11H22ClNO2/c1-9(6-5-7-12)13-10(14)8-15-11(2,3)4/h9H,5-8H2,1-4H3,(H,13,14). The molecule has 0 fully saturated rings. The summed E-state index contributed by atoms with van der Waals surface area (Å²) < 4.78 is 5.36. The molecule has 1 N–H and O–H groups in total. The van der Waals surface area contributed by atoms with Gasteiger partial charge in [-0.1, -0.05) is 0 Å². The van der Waals surface area contributed by atoms with Gasteiger partial charge >= 0.3 is 0 Å². The molecule has 1 unspecified atom stereocenters. The number of carbonyl (C=O) groups excluding carboxylic acids is 1. The van der Waals surface area contributed by atoms with Gasteiger partial charge < -0.3 is 10.1 Å².